The zero-order chi connectivity index (χ0) is 13.1. The van der Waals surface area contributed by atoms with Crippen molar-refractivity contribution in [1.29, 1.82) is 0 Å². The Morgan fingerprint density at radius 2 is 1.78 bits per heavy atom. The van der Waals surface area contributed by atoms with Crippen LogP contribution in [0.25, 0.3) is 0 Å². The first kappa shape index (κ1) is 13.8. The zero-order valence-electron chi connectivity index (χ0n) is 11.4. The molecule has 1 amide bonds. The van der Waals surface area contributed by atoms with E-state index in [1.54, 1.807) is 19.1 Å². The zero-order valence-corrected chi connectivity index (χ0v) is 11.4. The number of rotatable bonds is 6. The van der Waals surface area contributed by atoms with Gasteiger partial charge in [-0.25, -0.2) is 0 Å². The molecule has 0 spiro atoms. The van der Waals surface area contributed by atoms with E-state index in [0.717, 1.165) is 0 Å². The molecule has 0 bridgehead atoms. The van der Waals surface area contributed by atoms with Crippen molar-refractivity contribution in [2.45, 2.75) is 38.1 Å². The van der Waals surface area contributed by atoms with E-state index in [9.17, 15) is 4.79 Å². The summed E-state index contributed by atoms with van der Waals surface area (Å²) in [6.45, 7) is 3.71. The smallest absolute Gasteiger partial charge is 0.251 e. The van der Waals surface area contributed by atoms with E-state index in [1.165, 1.54) is 12.8 Å². The van der Waals surface area contributed by atoms with E-state index >= 15 is 0 Å². The first-order chi connectivity index (χ1) is 8.65. The van der Waals surface area contributed by atoms with Crippen molar-refractivity contribution in [3.8, 4) is 0 Å². The third-order valence-corrected chi connectivity index (χ3v) is 3.76. The molecule has 1 aliphatic heterocycles. The van der Waals surface area contributed by atoms with E-state index in [-0.39, 0.29) is 24.2 Å². The van der Waals surface area contributed by atoms with Crippen LogP contribution in [0, 0.1) is 5.92 Å². The van der Waals surface area contributed by atoms with E-state index in [4.69, 9.17) is 14.2 Å². The summed E-state index contributed by atoms with van der Waals surface area (Å²) in [5, 5.41) is 0. The molecule has 0 radical (unpaired) electrons. The number of ether oxygens (including phenoxy) is 3. The van der Waals surface area contributed by atoms with Gasteiger partial charge in [-0.05, 0) is 25.7 Å². The predicted molar refractivity (Wildman–Crippen MR) is 66.3 cm³/mol. The summed E-state index contributed by atoms with van der Waals surface area (Å²) in [7, 11) is 3.30. The number of methoxy groups -OCH3 is 2. The van der Waals surface area contributed by atoms with Gasteiger partial charge in [-0.15, -0.1) is 0 Å². The van der Waals surface area contributed by atoms with Gasteiger partial charge in [0.2, 0.25) is 0 Å². The first-order valence-corrected chi connectivity index (χ1v) is 6.61. The highest BCUT2D eigenvalue weighted by Crippen LogP contribution is 2.29. The van der Waals surface area contributed by atoms with Gasteiger partial charge in [-0.3, -0.25) is 4.79 Å². The number of hydrogen-bond donors (Lipinski definition) is 0. The molecule has 0 aromatic rings. The summed E-state index contributed by atoms with van der Waals surface area (Å²) in [5.74, 6) is 0.717. The summed E-state index contributed by atoms with van der Waals surface area (Å²) >= 11 is 0. The van der Waals surface area contributed by atoms with Gasteiger partial charge in [0.15, 0.2) is 0 Å². The molecular formula is C13H23NO4. The van der Waals surface area contributed by atoms with Crippen LogP contribution in [0.2, 0.25) is 0 Å². The molecule has 0 unspecified atom stereocenters. The van der Waals surface area contributed by atoms with Crippen LogP contribution in [0.4, 0.5) is 0 Å². The van der Waals surface area contributed by atoms with Crippen molar-refractivity contribution >= 4 is 5.91 Å². The van der Waals surface area contributed by atoms with Gasteiger partial charge >= 0.3 is 0 Å². The van der Waals surface area contributed by atoms with Crippen LogP contribution in [-0.4, -0.2) is 63.0 Å². The van der Waals surface area contributed by atoms with E-state index in [0.29, 0.717) is 25.6 Å². The summed E-state index contributed by atoms with van der Waals surface area (Å²) < 4.78 is 16.3. The normalized spacial score (nSPS) is 29.6. The third-order valence-electron chi connectivity index (χ3n) is 3.76. The van der Waals surface area contributed by atoms with Crippen molar-refractivity contribution in [2.75, 3.05) is 33.9 Å². The second-order valence-electron chi connectivity index (χ2n) is 5.21. The molecule has 18 heavy (non-hydrogen) atoms. The molecule has 3 atom stereocenters. The molecule has 0 aromatic heterocycles. The average Bonchev–Trinajstić information content (AvgIpc) is 3.12. The van der Waals surface area contributed by atoms with Crippen molar-refractivity contribution in [2.24, 2.45) is 5.92 Å². The van der Waals surface area contributed by atoms with Gasteiger partial charge in [-0.2, -0.15) is 0 Å². The molecule has 104 valence electrons. The lowest BCUT2D eigenvalue weighted by Crippen LogP contribution is -2.38. The molecule has 5 nitrogen and oxygen atoms in total. The van der Waals surface area contributed by atoms with Crippen molar-refractivity contribution in [3.63, 3.8) is 0 Å². The van der Waals surface area contributed by atoms with Gasteiger partial charge in [0.05, 0.1) is 6.61 Å². The SMILES string of the molecule is CO[C@H]1CN(C(=O)[C@H](C)OCC2CC2)C[C@H]1OC. The largest absolute Gasteiger partial charge is 0.377 e. The van der Waals surface area contributed by atoms with Crippen LogP contribution in [-0.2, 0) is 19.0 Å². The highest BCUT2D eigenvalue weighted by atomic mass is 16.5. The Bertz CT molecular complexity index is 281. The fourth-order valence-electron chi connectivity index (χ4n) is 2.27. The van der Waals surface area contributed by atoms with Gasteiger partial charge in [0.25, 0.3) is 5.91 Å². The molecule has 2 rings (SSSR count). The number of likely N-dealkylation sites (tertiary alicyclic amines) is 1. The topological polar surface area (TPSA) is 48.0 Å². The maximum absolute atomic E-state index is 12.2. The number of carbonyl (C=O) groups is 1. The van der Waals surface area contributed by atoms with Crippen LogP contribution in [0.5, 0.6) is 0 Å². The Morgan fingerprint density at radius 1 is 1.22 bits per heavy atom. The molecule has 5 heteroatoms. The fourth-order valence-corrected chi connectivity index (χ4v) is 2.27. The minimum absolute atomic E-state index is 0.0328. The second-order valence-corrected chi connectivity index (χ2v) is 5.21. The molecular weight excluding hydrogens is 234 g/mol. The highest BCUT2D eigenvalue weighted by Gasteiger charge is 2.37. The monoisotopic (exact) mass is 257 g/mol. The Morgan fingerprint density at radius 3 is 2.22 bits per heavy atom. The quantitative estimate of drug-likeness (QED) is 0.702. The van der Waals surface area contributed by atoms with Gasteiger partial charge in [0.1, 0.15) is 18.3 Å². The van der Waals surface area contributed by atoms with Crippen LogP contribution < -0.4 is 0 Å². The maximum Gasteiger partial charge on any atom is 0.251 e. The Kier molecular flexibility index (Phi) is 4.59. The van der Waals surface area contributed by atoms with Crippen LogP contribution in [0.1, 0.15) is 19.8 Å². The van der Waals surface area contributed by atoms with E-state index in [1.807, 2.05) is 6.92 Å². The van der Waals surface area contributed by atoms with Gasteiger partial charge in [-0.1, -0.05) is 0 Å². The maximum atomic E-state index is 12.2. The Balaban J connectivity index is 1.80. The van der Waals surface area contributed by atoms with Crippen molar-refractivity contribution in [3.05, 3.63) is 0 Å². The molecule has 1 aliphatic carbocycles. The highest BCUT2D eigenvalue weighted by molar-refractivity contribution is 5.81. The Labute approximate surface area is 108 Å². The van der Waals surface area contributed by atoms with Crippen LogP contribution in [0.15, 0.2) is 0 Å². The molecule has 0 N–H and O–H groups in total. The molecule has 2 fully saturated rings. The Hall–Kier alpha value is -0.650. The van der Waals surface area contributed by atoms with E-state index < -0.39 is 0 Å². The van der Waals surface area contributed by atoms with Crippen LogP contribution in [0.3, 0.4) is 0 Å². The van der Waals surface area contributed by atoms with Gasteiger partial charge < -0.3 is 19.1 Å². The van der Waals surface area contributed by atoms with Gasteiger partial charge in [0, 0.05) is 27.3 Å². The lowest BCUT2D eigenvalue weighted by atomic mass is 10.3. The second kappa shape index (κ2) is 5.99. The summed E-state index contributed by atoms with van der Waals surface area (Å²) in [5.41, 5.74) is 0. The standard InChI is InChI=1S/C13H23NO4/c1-9(18-8-10-4-5-10)13(15)14-6-11(16-2)12(7-14)17-3/h9-12H,4-8H2,1-3H3/t9-,11-,12+/m0/s1. The van der Waals surface area contributed by atoms with E-state index in [2.05, 4.69) is 0 Å². The fraction of sp³-hybridized carbons (Fsp3) is 0.923. The summed E-state index contributed by atoms with van der Waals surface area (Å²) in [4.78, 5) is 14.0. The van der Waals surface area contributed by atoms with Crippen molar-refractivity contribution in [1.82, 2.24) is 4.90 Å². The lowest BCUT2D eigenvalue weighted by Gasteiger charge is -2.20. The number of amides is 1. The lowest BCUT2D eigenvalue weighted by molar-refractivity contribution is -0.142. The summed E-state index contributed by atoms with van der Waals surface area (Å²) in [6.07, 6.45) is 2.05. The summed E-state index contributed by atoms with van der Waals surface area (Å²) in [6, 6.07) is 0. The molecule has 2 aliphatic rings. The number of hydrogen-bond acceptors (Lipinski definition) is 4. The third kappa shape index (κ3) is 3.22. The van der Waals surface area contributed by atoms with Crippen LogP contribution >= 0.6 is 0 Å². The first-order valence-electron chi connectivity index (χ1n) is 6.61. The number of nitrogens with zero attached hydrogens (tertiary/aromatic N) is 1. The predicted octanol–water partition coefficient (Wildman–Crippen LogP) is 0.674. The molecule has 1 saturated carbocycles. The molecule has 1 saturated heterocycles. The van der Waals surface area contributed by atoms with Crippen molar-refractivity contribution < 1.29 is 19.0 Å². The number of carbonyl (C=O) groups excluding carboxylic acids is 1. The minimum Gasteiger partial charge on any atom is -0.377 e. The molecule has 0 aromatic carbocycles. The molecule has 1 heterocycles. The average molecular weight is 257 g/mol. The minimum atomic E-state index is -0.362.